The van der Waals surface area contributed by atoms with Gasteiger partial charge in [0, 0.05) is 29.5 Å². The Balaban J connectivity index is 1.66. The third kappa shape index (κ3) is 2.91. The second kappa shape index (κ2) is 6.33. The smallest absolute Gasteiger partial charge is 0.291 e. The first kappa shape index (κ1) is 15.8. The third-order valence-corrected chi connectivity index (χ3v) is 4.45. The minimum absolute atomic E-state index is 0.268. The van der Waals surface area contributed by atoms with E-state index in [-0.39, 0.29) is 11.7 Å². The molecule has 1 amide bonds. The summed E-state index contributed by atoms with van der Waals surface area (Å²) in [5.74, 6) is 1.06. The monoisotopic (exact) mass is 357 g/mol. The van der Waals surface area contributed by atoms with Crippen molar-refractivity contribution in [1.82, 2.24) is 0 Å². The number of halogens is 1. The fourth-order valence-electron chi connectivity index (χ4n) is 2.85. The zero-order chi connectivity index (χ0) is 17.4. The summed E-state index contributed by atoms with van der Waals surface area (Å²) in [6.07, 6.45) is 0.798. The zero-order valence-electron chi connectivity index (χ0n) is 13.6. The van der Waals surface area contributed by atoms with Gasteiger partial charge in [-0.15, -0.1) is 0 Å². The molecule has 0 bridgehead atoms. The van der Waals surface area contributed by atoms with Gasteiger partial charge in [-0.05, 0) is 13.0 Å². The highest BCUT2D eigenvalue weighted by Gasteiger charge is 2.20. The summed E-state index contributed by atoms with van der Waals surface area (Å²) in [6, 6.07) is 10.9. The first-order valence-corrected chi connectivity index (χ1v) is 8.40. The van der Waals surface area contributed by atoms with Gasteiger partial charge in [-0.3, -0.25) is 4.79 Å². The van der Waals surface area contributed by atoms with E-state index in [9.17, 15) is 4.79 Å². The number of fused-ring (bicyclic) bond motifs is 2. The fourth-order valence-corrected chi connectivity index (χ4v) is 3.05. The summed E-state index contributed by atoms with van der Waals surface area (Å²) in [4.78, 5) is 12.7. The molecule has 0 spiro atoms. The summed E-state index contributed by atoms with van der Waals surface area (Å²) in [5.41, 5.74) is 1.92. The highest BCUT2D eigenvalue weighted by molar-refractivity contribution is 6.34. The van der Waals surface area contributed by atoms with Gasteiger partial charge < -0.3 is 19.2 Å². The van der Waals surface area contributed by atoms with Gasteiger partial charge in [0.2, 0.25) is 0 Å². The summed E-state index contributed by atoms with van der Waals surface area (Å²) in [5, 5.41) is 4.09. The van der Waals surface area contributed by atoms with Crippen molar-refractivity contribution in [2.24, 2.45) is 0 Å². The largest absolute Gasteiger partial charge is 0.490 e. The van der Waals surface area contributed by atoms with Gasteiger partial charge in [-0.25, -0.2) is 0 Å². The molecule has 0 atom stereocenters. The van der Waals surface area contributed by atoms with Gasteiger partial charge in [0.15, 0.2) is 17.3 Å². The molecule has 1 aliphatic heterocycles. The van der Waals surface area contributed by atoms with Gasteiger partial charge in [-0.2, -0.15) is 0 Å². The lowest BCUT2D eigenvalue weighted by Gasteiger charge is -2.12. The van der Waals surface area contributed by atoms with E-state index in [2.05, 4.69) is 5.32 Å². The lowest BCUT2D eigenvalue weighted by molar-refractivity contribution is 0.0998. The summed E-state index contributed by atoms with van der Waals surface area (Å²) in [7, 11) is 0. The van der Waals surface area contributed by atoms with E-state index < -0.39 is 0 Å². The van der Waals surface area contributed by atoms with Gasteiger partial charge >= 0.3 is 0 Å². The van der Waals surface area contributed by atoms with Crippen molar-refractivity contribution in [2.75, 3.05) is 18.5 Å². The van der Waals surface area contributed by atoms with Crippen molar-refractivity contribution >= 4 is 34.2 Å². The number of aryl methyl sites for hydroxylation is 1. The van der Waals surface area contributed by atoms with Crippen LogP contribution in [0.15, 0.2) is 40.8 Å². The highest BCUT2D eigenvalue weighted by atomic mass is 35.5. The summed E-state index contributed by atoms with van der Waals surface area (Å²) < 4.78 is 16.9. The molecule has 0 aliphatic carbocycles. The Labute approximate surface area is 149 Å². The van der Waals surface area contributed by atoms with Crippen molar-refractivity contribution in [1.29, 1.82) is 0 Å². The van der Waals surface area contributed by atoms with E-state index in [0.717, 1.165) is 17.4 Å². The third-order valence-electron chi connectivity index (χ3n) is 4.14. The van der Waals surface area contributed by atoms with Gasteiger partial charge in [0.05, 0.1) is 23.9 Å². The van der Waals surface area contributed by atoms with Crippen LogP contribution >= 0.6 is 11.6 Å². The van der Waals surface area contributed by atoms with E-state index in [4.69, 9.17) is 25.5 Å². The van der Waals surface area contributed by atoms with E-state index >= 15 is 0 Å². The maximum Gasteiger partial charge on any atom is 0.291 e. The Morgan fingerprint density at radius 2 is 1.84 bits per heavy atom. The zero-order valence-corrected chi connectivity index (χ0v) is 14.4. The Hall–Kier alpha value is -2.66. The molecule has 6 heteroatoms. The quantitative estimate of drug-likeness (QED) is 0.715. The first-order valence-electron chi connectivity index (χ1n) is 8.02. The molecule has 0 saturated carbocycles. The number of anilines is 1. The van der Waals surface area contributed by atoms with E-state index in [1.54, 1.807) is 12.1 Å². The Morgan fingerprint density at radius 3 is 2.60 bits per heavy atom. The molecule has 128 valence electrons. The van der Waals surface area contributed by atoms with Crippen LogP contribution in [-0.2, 0) is 0 Å². The van der Waals surface area contributed by atoms with Gasteiger partial charge in [0.25, 0.3) is 5.91 Å². The van der Waals surface area contributed by atoms with Crippen LogP contribution < -0.4 is 14.8 Å². The van der Waals surface area contributed by atoms with Crippen molar-refractivity contribution in [3.63, 3.8) is 0 Å². The van der Waals surface area contributed by atoms with Crippen LogP contribution in [0, 0.1) is 6.92 Å². The number of para-hydroxylation sites is 1. The van der Waals surface area contributed by atoms with E-state index in [1.807, 2.05) is 31.2 Å². The number of nitrogens with one attached hydrogen (secondary N) is 1. The Morgan fingerprint density at radius 1 is 1.12 bits per heavy atom. The SMILES string of the molecule is Cc1c(C(=O)Nc2cc3c(cc2Cl)OCCCO3)oc2ccccc12. The number of carbonyl (C=O) groups excluding carboxylic acids is 1. The lowest BCUT2D eigenvalue weighted by Crippen LogP contribution is -2.12. The molecule has 2 aromatic carbocycles. The normalized spacial score (nSPS) is 13.5. The van der Waals surface area contributed by atoms with Crippen molar-refractivity contribution in [2.45, 2.75) is 13.3 Å². The summed E-state index contributed by atoms with van der Waals surface area (Å²) in [6.45, 7) is 2.99. The predicted molar refractivity (Wildman–Crippen MR) is 96.0 cm³/mol. The number of carbonyl (C=O) groups is 1. The number of rotatable bonds is 2. The average Bonchev–Trinajstić information content (AvgIpc) is 2.78. The van der Waals surface area contributed by atoms with Crippen molar-refractivity contribution < 1.29 is 18.7 Å². The number of hydrogen-bond donors (Lipinski definition) is 1. The van der Waals surface area contributed by atoms with Gasteiger partial charge in [-0.1, -0.05) is 29.8 Å². The second-order valence-corrected chi connectivity index (χ2v) is 6.24. The predicted octanol–water partition coefficient (Wildman–Crippen LogP) is 4.81. The molecular weight excluding hydrogens is 342 g/mol. The van der Waals surface area contributed by atoms with Crippen molar-refractivity contribution in [3.05, 3.63) is 52.7 Å². The molecule has 25 heavy (non-hydrogen) atoms. The number of benzene rings is 2. The van der Waals surface area contributed by atoms with Crippen LogP contribution in [0.2, 0.25) is 5.02 Å². The molecule has 1 aliphatic rings. The second-order valence-electron chi connectivity index (χ2n) is 5.84. The number of amides is 1. The van der Waals surface area contributed by atoms with Crippen LogP contribution in [0.25, 0.3) is 11.0 Å². The highest BCUT2D eigenvalue weighted by Crippen LogP contribution is 2.38. The molecule has 5 nitrogen and oxygen atoms in total. The average molecular weight is 358 g/mol. The minimum Gasteiger partial charge on any atom is -0.490 e. The van der Waals surface area contributed by atoms with Crippen LogP contribution in [0.4, 0.5) is 5.69 Å². The molecular formula is C19H16ClNO4. The molecule has 0 saturated heterocycles. The minimum atomic E-state index is -0.356. The van der Waals surface area contributed by atoms with Crippen LogP contribution in [0.5, 0.6) is 11.5 Å². The first-order chi connectivity index (χ1) is 12.1. The van der Waals surface area contributed by atoms with Crippen LogP contribution in [0.3, 0.4) is 0 Å². The standard InChI is InChI=1S/C19H16ClNO4/c1-11-12-5-2-3-6-15(12)25-18(11)19(22)21-14-10-17-16(9-13(14)20)23-7-4-8-24-17/h2-3,5-6,9-10H,4,7-8H2,1H3,(H,21,22). The van der Waals surface area contributed by atoms with E-state index in [1.165, 1.54) is 0 Å². The molecule has 1 aromatic heterocycles. The van der Waals surface area contributed by atoms with E-state index in [0.29, 0.717) is 41.0 Å². The Kier molecular flexibility index (Phi) is 4.01. The van der Waals surface area contributed by atoms with Gasteiger partial charge in [0.1, 0.15) is 5.58 Å². The maximum atomic E-state index is 12.7. The molecule has 0 radical (unpaired) electrons. The summed E-state index contributed by atoms with van der Waals surface area (Å²) >= 11 is 6.28. The molecule has 2 heterocycles. The molecule has 0 unspecified atom stereocenters. The fraction of sp³-hybridized carbons (Fsp3) is 0.211. The van der Waals surface area contributed by atoms with Crippen LogP contribution in [0.1, 0.15) is 22.5 Å². The topological polar surface area (TPSA) is 60.7 Å². The molecule has 3 aromatic rings. The van der Waals surface area contributed by atoms with Crippen molar-refractivity contribution in [3.8, 4) is 11.5 Å². The molecule has 0 fully saturated rings. The lowest BCUT2D eigenvalue weighted by atomic mass is 10.1. The molecule has 1 N–H and O–H groups in total. The Bertz CT molecular complexity index is 963. The van der Waals surface area contributed by atoms with Crippen LogP contribution in [-0.4, -0.2) is 19.1 Å². The maximum absolute atomic E-state index is 12.7. The number of hydrogen-bond acceptors (Lipinski definition) is 4. The number of ether oxygens (including phenoxy) is 2. The number of furan rings is 1. The molecule has 4 rings (SSSR count).